The molecule has 144 valence electrons. The van der Waals surface area contributed by atoms with E-state index in [-0.39, 0.29) is 5.75 Å². The Kier molecular flexibility index (Phi) is 6.22. The van der Waals surface area contributed by atoms with Crippen molar-refractivity contribution < 1.29 is 18.3 Å². The van der Waals surface area contributed by atoms with Gasteiger partial charge in [-0.25, -0.2) is 8.78 Å². The van der Waals surface area contributed by atoms with Gasteiger partial charge in [0.25, 0.3) is 5.91 Å². The largest absolute Gasteiger partial charge is 0.494 e. The predicted octanol–water partition coefficient (Wildman–Crippen LogP) is 5.02. The fraction of sp³-hybridized carbons (Fsp3) is 0.136. The Morgan fingerprint density at radius 3 is 2.64 bits per heavy atom. The summed E-state index contributed by atoms with van der Waals surface area (Å²) in [5, 5.41) is 5.86. The third-order valence-corrected chi connectivity index (χ3v) is 4.21. The molecule has 0 aliphatic heterocycles. The zero-order valence-corrected chi connectivity index (χ0v) is 15.3. The first kappa shape index (κ1) is 19.4. The van der Waals surface area contributed by atoms with E-state index in [1.54, 1.807) is 24.3 Å². The summed E-state index contributed by atoms with van der Waals surface area (Å²) in [4.78, 5) is 11.4. The number of halogens is 2. The van der Waals surface area contributed by atoms with Gasteiger partial charge < -0.3 is 15.4 Å². The molecule has 0 saturated carbocycles. The summed E-state index contributed by atoms with van der Waals surface area (Å²) in [6.07, 6.45) is 0. The number of para-hydroxylation sites is 1. The SMILES string of the molecule is COc1cc(CNc2cccc(-c3ccccc3NC(=O)CF)c2)ccc1F. The van der Waals surface area contributed by atoms with Gasteiger partial charge in [-0.2, -0.15) is 0 Å². The van der Waals surface area contributed by atoms with E-state index >= 15 is 0 Å². The molecule has 3 aromatic rings. The van der Waals surface area contributed by atoms with E-state index in [2.05, 4.69) is 10.6 Å². The van der Waals surface area contributed by atoms with Gasteiger partial charge in [-0.15, -0.1) is 0 Å². The van der Waals surface area contributed by atoms with Crippen LogP contribution in [0, 0.1) is 5.82 Å². The standard InChI is InChI=1S/C22H20F2N2O2/c1-28-21-11-15(9-10-19(21)24)14-25-17-6-4-5-16(12-17)18-7-2-3-8-20(18)26-22(27)13-23/h2-12,25H,13-14H2,1H3,(H,26,27). The first-order valence-corrected chi connectivity index (χ1v) is 8.72. The van der Waals surface area contributed by atoms with Crippen molar-refractivity contribution in [1.29, 1.82) is 0 Å². The second kappa shape index (κ2) is 8.99. The topological polar surface area (TPSA) is 50.4 Å². The molecule has 3 aromatic carbocycles. The molecule has 0 aromatic heterocycles. The van der Waals surface area contributed by atoms with Gasteiger partial charge in [0.15, 0.2) is 18.2 Å². The van der Waals surface area contributed by atoms with E-state index in [0.717, 1.165) is 22.4 Å². The molecular weight excluding hydrogens is 362 g/mol. The van der Waals surface area contributed by atoms with Gasteiger partial charge in [0.05, 0.1) is 7.11 Å². The van der Waals surface area contributed by atoms with Crippen LogP contribution in [-0.2, 0) is 11.3 Å². The van der Waals surface area contributed by atoms with Crippen molar-refractivity contribution in [2.45, 2.75) is 6.54 Å². The molecular formula is C22H20F2N2O2. The van der Waals surface area contributed by atoms with E-state index in [0.29, 0.717) is 12.2 Å². The summed E-state index contributed by atoms with van der Waals surface area (Å²) < 4.78 is 31.1. The maximum atomic E-state index is 13.5. The molecule has 0 heterocycles. The number of ether oxygens (including phenoxy) is 1. The molecule has 6 heteroatoms. The summed E-state index contributed by atoms with van der Waals surface area (Å²) in [6, 6.07) is 19.6. The van der Waals surface area contributed by atoms with Crippen LogP contribution in [0.25, 0.3) is 11.1 Å². The van der Waals surface area contributed by atoms with Crippen LogP contribution in [0.5, 0.6) is 5.75 Å². The van der Waals surface area contributed by atoms with Crippen LogP contribution in [0.15, 0.2) is 66.7 Å². The predicted molar refractivity (Wildman–Crippen MR) is 107 cm³/mol. The molecule has 0 unspecified atom stereocenters. The summed E-state index contributed by atoms with van der Waals surface area (Å²) in [5.74, 6) is -0.891. The van der Waals surface area contributed by atoms with Crippen LogP contribution in [0.4, 0.5) is 20.2 Å². The molecule has 0 fully saturated rings. The maximum Gasteiger partial charge on any atom is 0.255 e. The van der Waals surface area contributed by atoms with Gasteiger partial charge >= 0.3 is 0 Å². The van der Waals surface area contributed by atoms with Gasteiger partial charge in [0.2, 0.25) is 0 Å². The fourth-order valence-corrected chi connectivity index (χ4v) is 2.84. The third kappa shape index (κ3) is 4.65. The van der Waals surface area contributed by atoms with Crippen LogP contribution in [0.2, 0.25) is 0 Å². The first-order chi connectivity index (χ1) is 13.6. The molecule has 0 bridgehead atoms. The Hall–Kier alpha value is -3.41. The number of nitrogens with one attached hydrogen (secondary N) is 2. The number of anilines is 2. The molecule has 2 N–H and O–H groups in total. The Balaban J connectivity index is 1.79. The van der Waals surface area contributed by atoms with Crippen LogP contribution in [0.3, 0.4) is 0 Å². The molecule has 0 aliphatic rings. The number of hydrogen-bond acceptors (Lipinski definition) is 3. The molecule has 0 spiro atoms. The van der Waals surface area contributed by atoms with E-state index in [9.17, 15) is 13.6 Å². The van der Waals surface area contributed by atoms with Crippen LogP contribution in [-0.4, -0.2) is 19.7 Å². The second-order valence-corrected chi connectivity index (χ2v) is 6.13. The van der Waals surface area contributed by atoms with Crippen molar-refractivity contribution in [2.75, 3.05) is 24.4 Å². The molecule has 4 nitrogen and oxygen atoms in total. The Morgan fingerprint density at radius 1 is 1.04 bits per heavy atom. The van der Waals surface area contributed by atoms with Crippen LogP contribution >= 0.6 is 0 Å². The number of benzene rings is 3. The number of carbonyl (C=O) groups excluding carboxylic acids is 1. The Bertz CT molecular complexity index is 976. The molecule has 28 heavy (non-hydrogen) atoms. The number of amides is 1. The second-order valence-electron chi connectivity index (χ2n) is 6.13. The molecule has 3 rings (SSSR count). The average Bonchev–Trinajstić information content (AvgIpc) is 2.73. The lowest BCUT2D eigenvalue weighted by Crippen LogP contribution is -2.13. The van der Waals surface area contributed by atoms with E-state index in [4.69, 9.17) is 4.74 Å². The highest BCUT2D eigenvalue weighted by molar-refractivity contribution is 5.96. The number of alkyl halides is 1. The highest BCUT2D eigenvalue weighted by atomic mass is 19.1. The van der Waals surface area contributed by atoms with Gasteiger partial charge in [0.1, 0.15) is 0 Å². The number of carbonyl (C=O) groups is 1. The minimum atomic E-state index is -1.07. The normalized spacial score (nSPS) is 10.4. The van der Waals surface area contributed by atoms with Crippen LogP contribution in [0.1, 0.15) is 5.56 Å². The van der Waals surface area contributed by atoms with Gasteiger partial charge in [-0.3, -0.25) is 4.79 Å². The lowest BCUT2D eigenvalue weighted by molar-refractivity contribution is -0.117. The lowest BCUT2D eigenvalue weighted by Gasteiger charge is -2.13. The maximum absolute atomic E-state index is 13.5. The van der Waals surface area contributed by atoms with Crippen molar-refractivity contribution in [3.05, 3.63) is 78.1 Å². The van der Waals surface area contributed by atoms with Gasteiger partial charge in [-0.1, -0.05) is 36.4 Å². The number of methoxy groups -OCH3 is 1. The van der Waals surface area contributed by atoms with Crippen molar-refractivity contribution in [3.63, 3.8) is 0 Å². The van der Waals surface area contributed by atoms with E-state index < -0.39 is 18.4 Å². The van der Waals surface area contributed by atoms with Gasteiger partial charge in [0, 0.05) is 23.5 Å². The van der Waals surface area contributed by atoms with Crippen LogP contribution < -0.4 is 15.4 Å². The highest BCUT2D eigenvalue weighted by Gasteiger charge is 2.09. The quantitative estimate of drug-likeness (QED) is 0.603. The summed E-state index contributed by atoms with van der Waals surface area (Å²) >= 11 is 0. The molecule has 0 aliphatic carbocycles. The molecule has 1 amide bonds. The molecule has 0 atom stereocenters. The molecule has 0 saturated heterocycles. The fourth-order valence-electron chi connectivity index (χ4n) is 2.84. The zero-order chi connectivity index (χ0) is 19.9. The van der Waals surface area contributed by atoms with E-state index in [1.807, 2.05) is 36.4 Å². The Morgan fingerprint density at radius 2 is 1.86 bits per heavy atom. The minimum Gasteiger partial charge on any atom is -0.494 e. The van der Waals surface area contributed by atoms with Crippen molar-refractivity contribution in [3.8, 4) is 16.9 Å². The monoisotopic (exact) mass is 382 g/mol. The summed E-state index contributed by atoms with van der Waals surface area (Å²) in [5.41, 5.74) is 3.94. The Labute approximate surface area is 162 Å². The smallest absolute Gasteiger partial charge is 0.255 e. The summed E-state index contributed by atoms with van der Waals surface area (Å²) in [6.45, 7) is -0.586. The minimum absolute atomic E-state index is 0.200. The third-order valence-electron chi connectivity index (χ3n) is 4.21. The van der Waals surface area contributed by atoms with E-state index in [1.165, 1.54) is 13.2 Å². The number of rotatable bonds is 7. The lowest BCUT2D eigenvalue weighted by atomic mass is 10.0. The van der Waals surface area contributed by atoms with Crippen molar-refractivity contribution in [1.82, 2.24) is 0 Å². The van der Waals surface area contributed by atoms with Gasteiger partial charge in [-0.05, 0) is 41.5 Å². The van der Waals surface area contributed by atoms with Crippen molar-refractivity contribution in [2.24, 2.45) is 0 Å². The van der Waals surface area contributed by atoms with Crippen molar-refractivity contribution >= 4 is 17.3 Å². The zero-order valence-electron chi connectivity index (χ0n) is 15.3. The molecule has 0 radical (unpaired) electrons. The highest BCUT2D eigenvalue weighted by Crippen LogP contribution is 2.30. The summed E-state index contributed by atoms with van der Waals surface area (Å²) in [7, 11) is 1.43. The average molecular weight is 382 g/mol. The first-order valence-electron chi connectivity index (χ1n) is 8.72. The number of hydrogen-bond donors (Lipinski definition) is 2.